The first-order valence-corrected chi connectivity index (χ1v) is 8.93. The van der Waals surface area contributed by atoms with Crippen molar-refractivity contribution < 1.29 is 9.53 Å². The number of aryl methyl sites for hydroxylation is 2. The highest BCUT2D eigenvalue weighted by molar-refractivity contribution is 5.89. The predicted molar refractivity (Wildman–Crippen MR) is 107 cm³/mol. The van der Waals surface area contributed by atoms with Crippen LogP contribution in [0, 0.1) is 13.8 Å². The molecular formula is C22H23ClN2O2. The molecule has 1 aliphatic heterocycles. The van der Waals surface area contributed by atoms with Gasteiger partial charge in [0.25, 0.3) is 0 Å². The Morgan fingerprint density at radius 1 is 1.04 bits per heavy atom. The summed E-state index contributed by atoms with van der Waals surface area (Å²) in [5, 5.41) is 4.52. The maximum absolute atomic E-state index is 13.1. The number of carbonyl (C=O) groups excluding carboxylic acids is 1. The van der Waals surface area contributed by atoms with E-state index in [1.54, 1.807) is 0 Å². The van der Waals surface area contributed by atoms with Crippen molar-refractivity contribution in [2.24, 2.45) is 0 Å². The highest BCUT2D eigenvalue weighted by Crippen LogP contribution is 2.43. The molecule has 1 aliphatic rings. The van der Waals surface area contributed by atoms with Gasteiger partial charge in [-0.3, -0.25) is 9.48 Å². The SMILES string of the molecule is Cc1cc(C)n(CC2CC(c3ccccc3)(c3ccccc3)C(=O)O2)n1.Cl. The van der Waals surface area contributed by atoms with Gasteiger partial charge in [-0.1, -0.05) is 60.7 Å². The number of aromatic nitrogens is 2. The van der Waals surface area contributed by atoms with Crippen LogP contribution in [-0.2, 0) is 21.5 Å². The molecule has 0 aliphatic carbocycles. The average molecular weight is 383 g/mol. The highest BCUT2D eigenvalue weighted by atomic mass is 35.5. The molecule has 0 saturated carbocycles. The minimum Gasteiger partial charge on any atom is -0.459 e. The number of hydrogen-bond acceptors (Lipinski definition) is 3. The van der Waals surface area contributed by atoms with Crippen LogP contribution in [0.5, 0.6) is 0 Å². The van der Waals surface area contributed by atoms with Crippen LogP contribution in [0.4, 0.5) is 0 Å². The minimum atomic E-state index is -0.761. The Labute approximate surface area is 165 Å². The van der Waals surface area contributed by atoms with E-state index in [4.69, 9.17) is 4.74 Å². The van der Waals surface area contributed by atoms with Gasteiger partial charge in [-0.05, 0) is 31.0 Å². The van der Waals surface area contributed by atoms with Gasteiger partial charge in [-0.2, -0.15) is 5.10 Å². The average Bonchev–Trinajstić information content (AvgIpc) is 3.15. The summed E-state index contributed by atoms with van der Waals surface area (Å²) in [6.07, 6.45) is 0.402. The molecule has 140 valence electrons. The summed E-state index contributed by atoms with van der Waals surface area (Å²) in [7, 11) is 0. The summed E-state index contributed by atoms with van der Waals surface area (Å²) in [6, 6.07) is 21.9. The van der Waals surface area contributed by atoms with Gasteiger partial charge in [-0.15, -0.1) is 12.4 Å². The molecule has 0 bridgehead atoms. The second-order valence-electron chi connectivity index (χ2n) is 6.98. The number of ether oxygens (including phenoxy) is 1. The van der Waals surface area contributed by atoms with Crippen molar-refractivity contribution >= 4 is 18.4 Å². The van der Waals surface area contributed by atoms with E-state index in [1.807, 2.05) is 85.3 Å². The number of hydrogen-bond donors (Lipinski definition) is 0. The highest BCUT2D eigenvalue weighted by Gasteiger charge is 2.51. The van der Waals surface area contributed by atoms with Crippen LogP contribution in [-0.4, -0.2) is 21.9 Å². The number of halogens is 1. The topological polar surface area (TPSA) is 44.1 Å². The first-order chi connectivity index (χ1) is 12.6. The third-order valence-electron chi connectivity index (χ3n) is 5.17. The van der Waals surface area contributed by atoms with E-state index >= 15 is 0 Å². The van der Waals surface area contributed by atoms with Crippen LogP contribution in [0.2, 0.25) is 0 Å². The summed E-state index contributed by atoms with van der Waals surface area (Å²) in [6.45, 7) is 4.58. The standard InChI is InChI=1S/C22H22N2O2.ClH/c1-16-13-17(2)24(23-16)15-20-14-22(21(25)26-20,18-9-5-3-6-10-18)19-11-7-4-8-12-19;/h3-13,20H,14-15H2,1-2H3;1H. The Bertz CT molecular complexity index is 883. The first kappa shape index (κ1) is 19.2. The third-order valence-corrected chi connectivity index (χ3v) is 5.17. The van der Waals surface area contributed by atoms with Crippen LogP contribution in [0.15, 0.2) is 66.7 Å². The Hall–Kier alpha value is -2.59. The van der Waals surface area contributed by atoms with E-state index in [2.05, 4.69) is 5.10 Å². The van der Waals surface area contributed by atoms with E-state index < -0.39 is 5.41 Å². The lowest BCUT2D eigenvalue weighted by Crippen LogP contribution is -2.33. The maximum Gasteiger partial charge on any atom is 0.321 e. The van der Waals surface area contributed by atoms with Crippen molar-refractivity contribution in [1.82, 2.24) is 9.78 Å². The molecule has 2 heterocycles. The minimum absolute atomic E-state index is 0. The summed E-state index contributed by atoms with van der Waals surface area (Å²) in [5.41, 5.74) is 3.25. The van der Waals surface area contributed by atoms with Crippen molar-refractivity contribution in [2.45, 2.75) is 38.3 Å². The predicted octanol–water partition coefficient (Wildman–Crippen LogP) is 4.22. The van der Waals surface area contributed by atoms with Crippen LogP contribution in [0.1, 0.15) is 28.9 Å². The van der Waals surface area contributed by atoms with Crippen molar-refractivity contribution in [1.29, 1.82) is 0 Å². The normalized spacial score (nSPS) is 18.0. The second kappa shape index (κ2) is 7.57. The molecule has 3 aromatic rings. The molecule has 1 unspecified atom stereocenters. The fourth-order valence-electron chi connectivity index (χ4n) is 3.96. The Balaban J connectivity index is 0.00000210. The van der Waals surface area contributed by atoms with Crippen LogP contribution >= 0.6 is 12.4 Å². The van der Waals surface area contributed by atoms with Gasteiger partial charge in [0.05, 0.1) is 12.2 Å². The molecule has 27 heavy (non-hydrogen) atoms. The number of esters is 1. The number of carbonyl (C=O) groups is 1. The van der Waals surface area contributed by atoms with E-state index in [1.165, 1.54) is 0 Å². The number of cyclic esters (lactones) is 1. The van der Waals surface area contributed by atoms with Gasteiger partial charge < -0.3 is 4.74 Å². The molecule has 1 saturated heterocycles. The molecule has 4 rings (SSSR count). The molecular weight excluding hydrogens is 360 g/mol. The van der Waals surface area contributed by atoms with Gasteiger partial charge in [0.1, 0.15) is 11.5 Å². The summed E-state index contributed by atoms with van der Waals surface area (Å²) >= 11 is 0. The third kappa shape index (κ3) is 3.37. The van der Waals surface area contributed by atoms with Crippen molar-refractivity contribution in [2.75, 3.05) is 0 Å². The molecule has 0 radical (unpaired) electrons. The van der Waals surface area contributed by atoms with E-state index in [0.717, 1.165) is 22.5 Å². The number of rotatable bonds is 4. The van der Waals surface area contributed by atoms with E-state index in [-0.39, 0.29) is 24.5 Å². The zero-order chi connectivity index (χ0) is 18.1. The Morgan fingerprint density at radius 3 is 2.07 bits per heavy atom. The molecule has 5 heteroatoms. The maximum atomic E-state index is 13.1. The number of benzene rings is 2. The van der Waals surface area contributed by atoms with Gasteiger partial charge in [-0.25, -0.2) is 0 Å². The van der Waals surface area contributed by atoms with Crippen molar-refractivity contribution in [3.63, 3.8) is 0 Å². The molecule has 0 amide bonds. The summed E-state index contributed by atoms with van der Waals surface area (Å²) in [4.78, 5) is 13.1. The van der Waals surface area contributed by atoms with Crippen molar-refractivity contribution in [3.05, 3.63) is 89.2 Å². The lowest BCUT2D eigenvalue weighted by Gasteiger charge is -2.26. The molecule has 1 atom stereocenters. The Morgan fingerprint density at radius 2 is 1.59 bits per heavy atom. The molecule has 0 spiro atoms. The fourth-order valence-corrected chi connectivity index (χ4v) is 3.96. The van der Waals surface area contributed by atoms with Gasteiger partial charge in [0.15, 0.2) is 0 Å². The van der Waals surface area contributed by atoms with Crippen LogP contribution in [0.3, 0.4) is 0 Å². The van der Waals surface area contributed by atoms with Gasteiger partial charge in [0, 0.05) is 12.1 Å². The van der Waals surface area contributed by atoms with E-state index in [9.17, 15) is 4.79 Å². The van der Waals surface area contributed by atoms with E-state index in [0.29, 0.717) is 13.0 Å². The zero-order valence-corrected chi connectivity index (χ0v) is 16.3. The van der Waals surface area contributed by atoms with Crippen LogP contribution in [0.25, 0.3) is 0 Å². The van der Waals surface area contributed by atoms with Gasteiger partial charge in [0.2, 0.25) is 0 Å². The summed E-state index contributed by atoms with van der Waals surface area (Å²) in [5.74, 6) is -0.179. The lowest BCUT2D eigenvalue weighted by molar-refractivity contribution is -0.145. The lowest BCUT2D eigenvalue weighted by atomic mass is 9.72. The fraction of sp³-hybridized carbons (Fsp3) is 0.273. The second-order valence-corrected chi connectivity index (χ2v) is 6.98. The molecule has 1 aromatic heterocycles. The largest absolute Gasteiger partial charge is 0.459 e. The molecule has 0 N–H and O–H groups in total. The Kier molecular flexibility index (Phi) is 5.38. The number of nitrogens with zero attached hydrogens (tertiary/aromatic N) is 2. The molecule has 1 fully saturated rings. The molecule has 4 nitrogen and oxygen atoms in total. The quantitative estimate of drug-likeness (QED) is 0.634. The summed E-state index contributed by atoms with van der Waals surface area (Å²) < 4.78 is 7.78. The van der Waals surface area contributed by atoms with Crippen LogP contribution < -0.4 is 0 Å². The molecule has 2 aromatic carbocycles. The zero-order valence-electron chi connectivity index (χ0n) is 15.5. The monoisotopic (exact) mass is 382 g/mol. The smallest absolute Gasteiger partial charge is 0.321 e. The van der Waals surface area contributed by atoms with Gasteiger partial charge >= 0.3 is 5.97 Å². The first-order valence-electron chi connectivity index (χ1n) is 8.93. The van der Waals surface area contributed by atoms with Crippen molar-refractivity contribution in [3.8, 4) is 0 Å².